The van der Waals surface area contributed by atoms with Crippen LogP contribution in [0.15, 0.2) is 24.4 Å². The second kappa shape index (κ2) is 5.59. The molecule has 1 aromatic rings. The maximum Gasteiger partial charge on any atom is 0.156 e. The maximum atomic E-state index is 8.78. The van der Waals surface area contributed by atoms with Gasteiger partial charge in [0.05, 0.1) is 12.7 Å². The zero-order chi connectivity index (χ0) is 11.2. The highest BCUT2D eigenvalue weighted by Gasteiger charge is 2.19. The van der Waals surface area contributed by atoms with Gasteiger partial charge in [-0.1, -0.05) is 6.07 Å². The maximum absolute atomic E-state index is 8.78. The first-order valence-electron chi connectivity index (χ1n) is 5.52. The number of aromatic nitrogens is 1. The van der Waals surface area contributed by atoms with Crippen LogP contribution in [0.25, 0.3) is 0 Å². The van der Waals surface area contributed by atoms with Crippen LogP contribution < -0.4 is 0 Å². The number of pyridine rings is 1. The van der Waals surface area contributed by atoms with Crippen molar-refractivity contribution < 1.29 is 4.74 Å². The van der Waals surface area contributed by atoms with Crippen LogP contribution in [-0.2, 0) is 11.2 Å². The van der Waals surface area contributed by atoms with E-state index in [0.717, 1.165) is 25.2 Å². The highest BCUT2D eigenvalue weighted by atomic mass is 16.5. The quantitative estimate of drug-likeness (QED) is 0.753. The molecule has 0 saturated carbocycles. The second-order valence-electron chi connectivity index (χ2n) is 3.86. The number of hydrogen-bond donors (Lipinski definition) is 0. The molecular weight excluding hydrogens is 202 g/mol. The Kier molecular flexibility index (Phi) is 3.86. The molecule has 1 unspecified atom stereocenters. The predicted molar refractivity (Wildman–Crippen MR) is 59.7 cm³/mol. The first-order chi connectivity index (χ1) is 7.88. The average molecular weight is 217 g/mol. The van der Waals surface area contributed by atoms with Gasteiger partial charge in [0.1, 0.15) is 0 Å². The Morgan fingerprint density at radius 3 is 3.25 bits per heavy atom. The average Bonchev–Trinajstić information content (AvgIpc) is 2.38. The first kappa shape index (κ1) is 11.1. The van der Waals surface area contributed by atoms with E-state index in [1.54, 1.807) is 0 Å². The summed E-state index contributed by atoms with van der Waals surface area (Å²) in [6, 6.07) is 8.10. The van der Waals surface area contributed by atoms with Crippen LogP contribution in [0, 0.1) is 11.3 Å². The summed E-state index contributed by atoms with van der Waals surface area (Å²) in [4.78, 5) is 6.54. The molecule has 0 radical (unpaired) electrons. The van der Waals surface area contributed by atoms with Gasteiger partial charge in [0.15, 0.2) is 6.10 Å². The van der Waals surface area contributed by atoms with Crippen LogP contribution >= 0.6 is 0 Å². The lowest BCUT2D eigenvalue weighted by atomic mass is 10.2. The molecule has 84 valence electrons. The Labute approximate surface area is 95.5 Å². The number of hydrogen-bond acceptors (Lipinski definition) is 4. The molecule has 1 aliphatic heterocycles. The summed E-state index contributed by atoms with van der Waals surface area (Å²) in [6.07, 6.45) is 2.48. The summed E-state index contributed by atoms with van der Waals surface area (Å²) in [7, 11) is 0. The van der Waals surface area contributed by atoms with E-state index in [1.807, 2.05) is 24.4 Å². The van der Waals surface area contributed by atoms with Crippen molar-refractivity contribution >= 4 is 0 Å². The standard InChI is InChI=1S/C12H15N3O/c13-9-12-10-15(7-8-16-12)6-4-11-3-1-2-5-14-11/h1-3,5,12H,4,6-8,10H2. The van der Waals surface area contributed by atoms with Crippen LogP contribution in [0.5, 0.6) is 0 Å². The van der Waals surface area contributed by atoms with E-state index in [9.17, 15) is 0 Å². The molecule has 0 N–H and O–H groups in total. The van der Waals surface area contributed by atoms with Crippen LogP contribution in [-0.4, -0.2) is 42.2 Å². The minimum Gasteiger partial charge on any atom is -0.361 e. The Morgan fingerprint density at radius 2 is 2.50 bits per heavy atom. The molecule has 16 heavy (non-hydrogen) atoms. The highest BCUT2D eigenvalue weighted by Crippen LogP contribution is 2.05. The van der Waals surface area contributed by atoms with E-state index in [-0.39, 0.29) is 6.10 Å². The number of morpholine rings is 1. The van der Waals surface area contributed by atoms with Gasteiger partial charge in [-0.05, 0) is 12.1 Å². The molecule has 0 aliphatic carbocycles. The fraction of sp³-hybridized carbons (Fsp3) is 0.500. The molecule has 1 aromatic heterocycles. The van der Waals surface area contributed by atoms with Gasteiger partial charge in [-0.2, -0.15) is 5.26 Å². The van der Waals surface area contributed by atoms with Crippen LogP contribution in [0.4, 0.5) is 0 Å². The van der Waals surface area contributed by atoms with Gasteiger partial charge < -0.3 is 4.74 Å². The first-order valence-corrected chi connectivity index (χ1v) is 5.52. The zero-order valence-electron chi connectivity index (χ0n) is 9.17. The minimum atomic E-state index is -0.266. The Bertz CT molecular complexity index is 360. The zero-order valence-corrected chi connectivity index (χ0v) is 9.17. The molecule has 4 nitrogen and oxygen atoms in total. The van der Waals surface area contributed by atoms with E-state index in [0.29, 0.717) is 13.2 Å². The number of rotatable bonds is 3. The molecule has 2 rings (SSSR count). The van der Waals surface area contributed by atoms with E-state index >= 15 is 0 Å². The molecule has 0 amide bonds. The van der Waals surface area contributed by atoms with Gasteiger partial charge in [-0.3, -0.25) is 9.88 Å². The lowest BCUT2D eigenvalue weighted by Gasteiger charge is -2.29. The van der Waals surface area contributed by atoms with Gasteiger partial charge in [0, 0.05) is 37.9 Å². The molecule has 4 heteroatoms. The van der Waals surface area contributed by atoms with Gasteiger partial charge in [-0.25, -0.2) is 0 Å². The van der Waals surface area contributed by atoms with Crippen molar-refractivity contribution in [2.24, 2.45) is 0 Å². The summed E-state index contributed by atoms with van der Waals surface area (Å²) < 4.78 is 5.29. The van der Waals surface area contributed by atoms with E-state index < -0.39 is 0 Å². The molecule has 1 atom stereocenters. The molecular formula is C12H15N3O. The molecule has 1 fully saturated rings. The van der Waals surface area contributed by atoms with Crippen molar-refractivity contribution in [2.75, 3.05) is 26.2 Å². The van der Waals surface area contributed by atoms with Crippen LogP contribution in [0.3, 0.4) is 0 Å². The van der Waals surface area contributed by atoms with Gasteiger partial charge >= 0.3 is 0 Å². The molecule has 1 saturated heterocycles. The van der Waals surface area contributed by atoms with Crippen molar-refractivity contribution in [3.8, 4) is 6.07 Å². The largest absolute Gasteiger partial charge is 0.361 e. The smallest absolute Gasteiger partial charge is 0.156 e. The molecule has 0 spiro atoms. The summed E-state index contributed by atoms with van der Waals surface area (Å²) in [5, 5.41) is 8.78. The van der Waals surface area contributed by atoms with Gasteiger partial charge in [-0.15, -0.1) is 0 Å². The molecule has 1 aliphatic rings. The van der Waals surface area contributed by atoms with Gasteiger partial charge in [0.2, 0.25) is 0 Å². The fourth-order valence-electron chi connectivity index (χ4n) is 1.80. The van der Waals surface area contributed by atoms with Gasteiger partial charge in [0.25, 0.3) is 0 Å². The summed E-state index contributed by atoms with van der Waals surface area (Å²) in [5.41, 5.74) is 1.10. The van der Waals surface area contributed by atoms with E-state index in [4.69, 9.17) is 10.00 Å². The third-order valence-electron chi connectivity index (χ3n) is 2.70. The van der Waals surface area contributed by atoms with Crippen molar-refractivity contribution in [2.45, 2.75) is 12.5 Å². The molecule has 2 heterocycles. The predicted octanol–water partition coefficient (Wildman–Crippen LogP) is 0.848. The molecule has 0 bridgehead atoms. The topological polar surface area (TPSA) is 49.2 Å². The number of ether oxygens (including phenoxy) is 1. The van der Waals surface area contributed by atoms with E-state index in [1.165, 1.54) is 0 Å². The van der Waals surface area contributed by atoms with Crippen LogP contribution in [0.2, 0.25) is 0 Å². The Balaban J connectivity index is 1.80. The second-order valence-corrected chi connectivity index (χ2v) is 3.86. The van der Waals surface area contributed by atoms with E-state index in [2.05, 4.69) is 16.0 Å². The highest BCUT2D eigenvalue weighted by molar-refractivity contribution is 5.04. The van der Waals surface area contributed by atoms with Crippen molar-refractivity contribution in [3.63, 3.8) is 0 Å². The van der Waals surface area contributed by atoms with Crippen molar-refractivity contribution in [1.82, 2.24) is 9.88 Å². The number of nitrogens with zero attached hydrogens (tertiary/aromatic N) is 3. The fourth-order valence-corrected chi connectivity index (χ4v) is 1.80. The van der Waals surface area contributed by atoms with Crippen molar-refractivity contribution in [3.05, 3.63) is 30.1 Å². The Morgan fingerprint density at radius 1 is 1.56 bits per heavy atom. The third-order valence-corrected chi connectivity index (χ3v) is 2.70. The minimum absolute atomic E-state index is 0.266. The lowest BCUT2D eigenvalue weighted by Crippen LogP contribution is -2.42. The number of nitriles is 1. The Hall–Kier alpha value is -1.44. The monoisotopic (exact) mass is 217 g/mol. The third kappa shape index (κ3) is 3.02. The van der Waals surface area contributed by atoms with Crippen LogP contribution in [0.1, 0.15) is 5.69 Å². The van der Waals surface area contributed by atoms with Crippen molar-refractivity contribution in [1.29, 1.82) is 5.26 Å². The lowest BCUT2D eigenvalue weighted by molar-refractivity contribution is 0.000969. The SMILES string of the molecule is N#CC1CN(CCc2ccccn2)CCO1. The summed E-state index contributed by atoms with van der Waals surface area (Å²) in [5.74, 6) is 0. The summed E-state index contributed by atoms with van der Waals surface area (Å²) in [6.45, 7) is 3.22. The molecule has 0 aromatic carbocycles. The normalized spacial score (nSPS) is 21.6. The summed E-state index contributed by atoms with van der Waals surface area (Å²) >= 11 is 0.